The summed E-state index contributed by atoms with van der Waals surface area (Å²) in [5.41, 5.74) is 5.45. The monoisotopic (exact) mass is 543 g/mol. The number of aromatic nitrogens is 1. The van der Waals surface area contributed by atoms with E-state index in [4.69, 9.17) is 14.9 Å². The lowest BCUT2D eigenvalue weighted by molar-refractivity contribution is -0.170. The summed E-state index contributed by atoms with van der Waals surface area (Å²) >= 11 is 0. The van der Waals surface area contributed by atoms with Gasteiger partial charge in [-0.25, -0.2) is 0 Å². The van der Waals surface area contributed by atoms with Gasteiger partial charge in [-0.3, -0.25) is 0 Å². The molecule has 7 nitrogen and oxygen atoms in total. The first-order valence-electron chi connectivity index (χ1n) is 13.4. The van der Waals surface area contributed by atoms with Gasteiger partial charge in [-0.15, -0.1) is 0 Å². The Hall–Kier alpha value is -2.66. The number of aliphatic hydroxyl groups is 2. The Morgan fingerprint density at radius 3 is 2.67 bits per heavy atom. The standard InChI is InChI=1S/C29H32F3N3O4/c1-26-12-18(29(30,31)32)16-11-17-23(36)24(37)20(35(2)3)13-27(17)8-9-28(16,39-27)22(26)7-5-15(26)14-4-6-21-19(10-14)34-25(33)38-21/h4-6,10-11,20,22-24,36-37H,7-9,12-13H2,1-3H3,(H2,33,34)/t20-,22?,23+,24+,26+,27+,28+/m0/s1. The molecule has 1 saturated carbocycles. The third kappa shape index (κ3) is 3.23. The number of alkyl halides is 3. The van der Waals surface area contributed by atoms with Gasteiger partial charge in [-0.05, 0) is 80.6 Å². The van der Waals surface area contributed by atoms with Crippen molar-refractivity contribution in [3.05, 3.63) is 52.6 Å². The zero-order chi connectivity index (χ0) is 27.7. The molecule has 2 fully saturated rings. The molecule has 5 aliphatic rings. The minimum Gasteiger partial charge on any atom is -0.424 e. The van der Waals surface area contributed by atoms with Crippen LogP contribution in [0, 0.1) is 11.3 Å². The minimum absolute atomic E-state index is 0.0420. The molecule has 39 heavy (non-hydrogen) atoms. The molecule has 3 aliphatic carbocycles. The van der Waals surface area contributed by atoms with Gasteiger partial charge < -0.3 is 30.0 Å². The van der Waals surface area contributed by atoms with E-state index in [1.165, 1.54) is 0 Å². The highest BCUT2D eigenvalue weighted by atomic mass is 19.4. The summed E-state index contributed by atoms with van der Waals surface area (Å²) in [7, 11) is 3.66. The summed E-state index contributed by atoms with van der Waals surface area (Å²) in [6, 6.07) is 5.10. The highest BCUT2D eigenvalue weighted by Gasteiger charge is 2.69. The van der Waals surface area contributed by atoms with Gasteiger partial charge in [0, 0.05) is 22.9 Å². The highest BCUT2D eigenvalue weighted by molar-refractivity contribution is 5.83. The summed E-state index contributed by atoms with van der Waals surface area (Å²) in [6.45, 7) is 1.92. The molecule has 7 atom stereocenters. The van der Waals surface area contributed by atoms with Crippen LogP contribution in [0.2, 0.25) is 0 Å². The maximum absolute atomic E-state index is 14.8. The zero-order valence-electron chi connectivity index (χ0n) is 22.0. The molecule has 2 bridgehead atoms. The molecular weight excluding hydrogens is 511 g/mol. The van der Waals surface area contributed by atoms with E-state index in [1.807, 2.05) is 38.1 Å². The molecule has 10 heteroatoms. The van der Waals surface area contributed by atoms with Gasteiger partial charge >= 0.3 is 6.18 Å². The first-order valence-corrected chi connectivity index (χ1v) is 13.4. The van der Waals surface area contributed by atoms with Crippen LogP contribution in [-0.2, 0) is 4.74 Å². The lowest BCUT2D eigenvalue weighted by atomic mass is 9.56. The average molecular weight is 544 g/mol. The van der Waals surface area contributed by atoms with Crippen molar-refractivity contribution in [2.75, 3.05) is 19.8 Å². The topological polar surface area (TPSA) is 105 Å². The number of nitrogens with zero attached hydrogens (tertiary/aromatic N) is 2. The van der Waals surface area contributed by atoms with Crippen molar-refractivity contribution in [3.8, 4) is 0 Å². The Labute approximate surface area is 223 Å². The third-order valence-electron chi connectivity index (χ3n) is 10.2. The Morgan fingerprint density at radius 2 is 1.95 bits per heavy atom. The van der Waals surface area contributed by atoms with E-state index in [0.717, 1.165) is 11.1 Å². The van der Waals surface area contributed by atoms with Crippen molar-refractivity contribution in [3.63, 3.8) is 0 Å². The summed E-state index contributed by atoms with van der Waals surface area (Å²) in [5, 5.41) is 22.0. The lowest BCUT2D eigenvalue weighted by Gasteiger charge is -2.57. The molecule has 7 rings (SSSR count). The van der Waals surface area contributed by atoms with Crippen LogP contribution >= 0.6 is 0 Å². The zero-order valence-corrected chi connectivity index (χ0v) is 22.0. The number of nitrogen functional groups attached to an aromatic ring is 1. The number of benzene rings is 1. The van der Waals surface area contributed by atoms with Gasteiger partial charge in [0.1, 0.15) is 11.6 Å². The van der Waals surface area contributed by atoms with Crippen molar-refractivity contribution in [1.82, 2.24) is 9.88 Å². The summed E-state index contributed by atoms with van der Waals surface area (Å²) in [6.07, 6.45) is -1.70. The van der Waals surface area contributed by atoms with Crippen LogP contribution in [0.5, 0.6) is 0 Å². The molecule has 4 N–H and O–H groups in total. The molecule has 2 aliphatic heterocycles. The van der Waals surface area contributed by atoms with Crippen molar-refractivity contribution in [1.29, 1.82) is 0 Å². The van der Waals surface area contributed by atoms with E-state index in [-0.39, 0.29) is 30.0 Å². The van der Waals surface area contributed by atoms with Crippen LogP contribution in [0.1, 0.15) is 44.6 Å². The van der Waals surface area contributed by atoms with E-state index in [0.29, 0.717) is 42.4 Å². The Bertz CT molecular complexity index is 1490. The van der Waals surface area contributed by atoms with Crippen LogP contribution in [0.15, 0.2) is 51.5 Å². The molecule has 2 spiro atoms. The molecule has 3 heterocycles. The number of halogens is 3. The number of ether oxygens (including phenoxy) is 1. The van der Waals surface area contributed by atoms with Crippen molar-refractivity contribution < 1.29 is 32.5 Å². The molecule has 0 amide bonds. The number of likely N-dealkylation sites (N-methyl/N-ethyl adjacent to an activating group) is 1. The smallest absolute Gasteiger partial charge is 0.413 e. The van der Waals surface area contributed by atoms with Gasteiger partial charge in [-0.1, -0.05) is 25.1 Å². The predicted octanol–water partition coefficient (Wildman–Crippen LogP) is 4.37. The predicted molar refractivity (Wildman–Crippen MR) is 138 cm³/mol. The number of rotatable bonds is 2. The average Bonchev–Trinajstić information content (AvgIpc) is 3.50. The van der Waals surface area contributed by atoms with Gasteiger partial charge in [0.2, 0.25) is 0 Å². The molecule has 1 unspecified atom stereocenters. The fourth-order valence-electron chi connectivity index (χ4n) is 8.49. The number of aliphatic hydroxyl groups excluding tert-OH is 2. The number of hydrogen-bond acceptors (Lipinski definition) is 7. The normalized spacial score (nSPS) is 39.5. The molecule has 2 aromatic rings. The van der Waals surface area contributed by atoms with E-state index in [9.17, 15) is 23.4 Å². The first-order chi connectivity index (χ1) is 18.3. The Balaban J connectivity index is 1.39. The number of oxazole rings is 1. The largest absolute Gasteiger partial charge is 0.424 e. The SMILES string of the molecule is CN(C)[C@H]1C[C@@]23CC[C@@]4(O2)C(=C(C(F)(F)F)C[C@]2(C)C(c5ccc6oc(N)nc6c5)=CCC24)C=C3[C@@H](O)[C@@H]1O. The molecule has 1 saturated heterocycles. The van der Waals surface area contributed by atoms with E-state index in [1.54, 1.807) is 12.1 Å². The fraction of sp³-hybridized carbons (Fsp3) is 0.552. The number of anilines is 1. The van der Waals surface area contributed by atoms with Crippen molar-refractivity contribution in [2.45, 2.75) is 74.7 Å². The van der Waals surface area contributed by atoms with Gasteiger partial charge in [0.05, 0.1) is 17.3 Å². The summed E-state index contributed by atoms with van der Waals surface area (Å²) in [4.78, 5) is 6.08. The number of allylic oxidation sites excluding steroid dienone is 3. The quantitative estimate of drug-likeness (QED) is 0.517. The van der Waals surface area contributed by atoms with Crippen molar-refractivity contribution in [2.24, 2.45) is 11.3 Å². The Morgan fingerprint density at radius 1 is 1.18 bits per heavy atom. The van der Waals surface area contributed by atoms with Crippen LogP contribution in [0.4, 0.5) is 19.2 Å². The molecule has 1 aromatic heterocycles. The van der Waals surface area contributed by atoms with Crippen LogP contribution in [-0.4, -0.2) is 69.8 Å². The molecule has 208 valence electrons. The van der Waals surface area contributed by atoms with E-state index in [2.05, 4.69) is 11.1 Å². The number of nitrogens with two attached hydrogens (primary N) is 1. The molecule has 1 aromatic carbocycles. The third-order valence-corrected chi connectivity index (χ3v) is 10.2. The van der Waals surface area contributed by atoms with Gasteiger partial charge in [-0.2, -0.15) is 18.2 Å². The van der Waals surface area contributed by atoms with Crippen LogP contribution in [0.25, 0.3) is 16.7 Å². The van der Waals surface area contributed by atoms with Gasteiger partial charge in [0.25, 0.3) is 6.01 Å². The first kappa shape index (κ1) is 25.3. The van der Waals surface area contributed by atoms with Crippen molar-refractivity contribution >= 4 is 22.7 Å². The van der Waals surface area contributed by atoms with Gasteiger partial charge in [0.15, 0.2) is 5.58 Å². The Kier molecular flexibility index (Phi) is 5.03. The maximum Gasteiger partial charge on any atom is 0.413 e. The summed E-state index contributed by atoms with van der Waals surface area (Å²) in [5.74, 6) is -0.224. The maximum atomic E-state index is 14.8. The lowest BCUT2D eigenvalue weighted by Crippen LogP contribution is -2.62. The number of fused-ring (bicyclic) bond motifs is 2. The second-order valence-electron chi connectivity index (χ2n) is 12.4. The van der Waals surface area contributed by atoms with E-state index < -0.39 is 40.6 Å². The highest BCUT2D eigenvalue weighted by Crippen LogP contribution is 2.70. The fourth-order valence-corrected chi connectivity index (χ4v) is 8.49. The van der Waals surface area contributed by atoms with E-state index >= 15 is 0 Å². The molecule has 0 radical (unpaired) electrons. The van der Waals surface area contributed by atoms with Crippen LogP contribution in [0.3, 0.4) is 0 Å². The molecular formula is C29H32F3N3O4. The number of hydrogen-bond donors (Lipinski definition) is 3. The summed E-state index contributed by atoms with van der Waals surface area (Å²) < 4.78 is 56.9. The second-order valence-corrected chi connectivity index (χ2v) is 12.4. The minimum atomic E-state index is -4.58. The van der Waals surface area contributed by atoms with Crippen LogP contribution < -0.4 is 5.73 Å². The second kappa shape index (κ2) is 7.75.